The predicted molar refractivity (Wildman–Crippen MR) is 84.4 cm³/mol. The Morgan fingerprint density at radius 1 is 1.33 bits per heavy atom. The van der Waals surface area contributed by atoms with Crippen molar-refractivity contribution in [1.29, 1.82) is 0 Å². The molecule has 1 saturated heterocycles. The number of nitrogens with zero attached hydrogens (tertiary/aromatic N) is 5. The van der Waals surface area contributed by atoms with Crippen molar-refractivity contribution in [2.24, 2.45) is 20.0 Å². The lowest BCUT2D eigenvalue weighted by atomic mass is 10.0. The van der Waals surface area contributed by atoms with Crippen molar-refractivity contribution in [2.45, 2.75) is 12.8 Å². The maximum absolute atomic E-state index is 11.9. The van der Waals surface area contributed by atoms with E-state index in [1.807, 2.05) is 17.9 Å². The van der Waals surface area contributed by atoms with Gasteiger partial charge in [0, 0.05) is 33.4 Å². The van der Waals surface area contributed by atoms with Crippen molar-refractivity contribution in [2.75, 3.05) is 18.0 Å². The smallest absolute Gasteiger partial charge is 0.282 e. The quantitative estimate of drug-likeness (QED) is 0.837. The second-order valence-electron chi connectivity index (χ2n) is 5.60. The molecule has 0 N–H and O–H groups in total. The van der Waals surface area contributed by atoms with Gasteiger partial charge in [0.1, 0.15) is 4.47 Å². The molecule has 0 spiro atoms. The highest BCUT2D eigenvalue weighted by Gasteiger charge is 2.25. The highest BCUT2D eigenvalue weighted by Crippen LogP contribution is 2.29. The summed E-state index contributed by atoms with van der Waals surface area (Å²) in [6, 6.07) is 0. The van der Waals surface area contributed by atoms with Crippen LogP contribution in [0.1, 0.15) is 12.0 Å². The van der Waals surface area contributed by atoms with Gasteiger partial charge in [-0.25, -0.2) is 4.68 Å². The SMILES string of the molecule is Cn1cc(CC2CCN(c3cnn(C)c(=O)c3Br)C2)cn1. The molecule has 6 nitrogen and oxygen atoms in total. The Labute approximate surface area is 131 Å². The molecule has 0 radical (unpaired) electrons. The van der Waals surface area contributed by atoms with Gasteiger partial charge in [-0.05, 0) is 40.3 Å². The predicted octanol–water partition coefficient (Wildman–Crippen LogP) is 1.35. The molecule has 1 fully saturated rings. The Bertz CT molecular complexity index is 708. The standard InChI is InChI=1S/C14H18BrN5O/c1-18-8-11(6-16-18)5-10-3-4-20(9-10)12-7-17-19(2)14(21)13(12)15/h6-8,10H,3-5,9H2,1-2H3. The van der Waals surface area contributed by atoms with E-state index >= 15 is 0 Å². The monoisotopic (exact) mass is 351 g/mol. The summed E-state index contributed by atoms with van der Waals surface area (Å²) in [5.41, 5.74) is 2.07. The molecule has 21 heavy (non-hydrogen) atoms. The summed E-state index contributed by atoms with van der Waals surface area (Å²) in [4.78, 5) is 14.2. The van der Waals surface area contributed by atoms with Crippen LogP contribution in [0.15, 0.2) is 27.9 Å². The van der Waals surface area contributed by atoms with Crippen LogP contribution < -0.4 is 10.5 Å². The lowest BCUT2D eigenvalue weighted by Crippen LogP contribution is -2.27. The molecule has 3 heterocycles. The first-order valence-corrected chi connectivity index (χ1v) is 7.78. The molecule has 3 rings (SSSR count). The second kappa shape index (κ2) is 5.63. The minimum absolute atomic E-state index is 0.0943. The zero-order valence-electron chi connectivity index (χ0n) is 12.2. The number of aromatic nitrogens is 4. The Kier molecular flexibility index (Phi) is 3.84. The largest absolute Gasteiger partial charge is 0.369 e. The van der Waals surface area contributed by atoms with Crippen LogP contribution in [0.2, 0.25) is 0 Å². The summed E-state index contributed by atoms with van der Waals surface area (Å²) in [6.45, 7) is 1.90. The fourth-order valence-corrected chi connectivity index (χ4v) is 3.46. The van der Waals surface area contributed by atoms with Gasteiger partial charge in [0.05, 0.1) is 18.1 Å². The third kappa shape index (κ3) is 2.88. The van der Waals surface area contributed by atoms with E-state index < -0.39 is 0 Å². The van der Waals surface area contributed by atoms with Gasteiger partial charge >= 0.3 is 0 Å². The van der Waals surface area contributed by atoms with Crippen LogP contribution in [0, 0.1) is 5.92 Å². The molecule has 1 aliphatic heterocycles. The molecule has 2 aromatic rings. The Morgan fingerprint density at radius 2 is 2.14 bits per heavy atom. The number of anilines is 1. The second-order valence-corrected chi connectivity index (χ2v) is 6.39. The number of halogens is 1. The highest BCUT2D eigenvalue weighted by molar-refractivity contribution is 9.10. The number of rotatable bonds is 3. The molecule has 112 valence electrons. The van der Waals surface area contributed by atoms with Crippen LogP contribution in [-0.4, -0.2) is 32.7 Å². The summed E-state index contributed by atoms with van der Waals surface area (Å²) >= 11 is 3.40. The maximum Gasteiger partial charge on any atom is 0.282 e. The molecule has 0 aromatic carbocycles. The molecule has 0 saturated carbocycles. The molecular formula is C14H18BrN5O. The van der Waals surface area contributed by atoms with Crippen LogP contribution in [0.25, 0.3) is 0 Å². The average molecular weight is 352 g/mol. The maximum atomic E-state index is 11.9. The van der Waals surface area contributed by atoms with Gasteiger partial charge in [-0.1, -0.05) is 0 Å². The summed E-state index contributed by atoms with van der Waals surface area (Å²) in [7, 11) is 3.60. The first-order valence-electron chi connectivity index (χ1n) is 6.99. The van der Waals surface area contributed by atoms with Crippen molar-refractivity contribution in [3.05, 3.63) is 39.0 Å². The van der Waals surface area contributed by atoms with Crippen molar-refractivity contribution in [3.8, 4) is 0 Å². The first-order chi connectivity index (χ1) is 10.0. The normalized spacial score (nSPS) is 18.4. The lowest BCUT2D eigenvalue weighted by molar-refractivity contribution is 0.586. The number of aryl methyl sites for hydroxylation is 2. The zero-order valence-corrected chi connectivity index (χ0v) is 13.7. The summed E-state index contributed by atoms with van der Waals surface area (Å²) < 4.78 is 3.78. The third-order valence-electron chi connectivity index (χ3n) is 3.97. The van der Waals surface area contributed by atoms with Gasteiger partial charge in [0.25, 0.3) is 5.56 Å². The molecule has 2 aromatic heterocycles. The minimum atomic E-state index is -0.0943. The van der Waals surface area contributed by atoms with E-state index in [9.17, 15) is 4.79 Å². The van der Waals surface area contributed by atoms with Crippen molar-refractivity contribution in [1.82, 2.24) is 19.6 Å². The molecular weight excluding hydrogens is 334 g/mol. The zero-order chi connectivity index (χ0) is 15.0. The Morgan fingerprint density at radius 3 is 2.86 bits per heavy atom. The van der Waals surface area contributed by atoms with E-state index in [0.717, 1.165) is 31.6 Å². The van der Waals surface area contributed by atoms with Crippen LogP contribution >= 0.6 is 15.9 Å². The van der Waals surface area contributed by atoms with E-state index in [2.05, 4.69) is 37.2 Å². The fourth-order valence-electron chi connectivity index (χ4n) is 2.85. The topological polar surface area (TPSA) is 56.0 Å². The molecule has 0 bridgehead atoms. The lowest BCUT2D eigenvalue weighted by Gasteiger charge is -2.19. The van der Waals surface area contributed by atoms with Crippen molar-refractivity contribution in [3.63, 3.8) is 0 Å². The van der Waals surface area contributed by atoms with Gasteiger partial charge in [0.2, 0.25) is 0 Å². The van der Waals surface area contributed by atoms with Crippen LogP contribution in [0.5, 0.6) is 0 Å². The van der Waals surface area contributed by atoms with Crippen molar-refractivity contribution >= 4 is 21.6 Å². The highest BCUT2D eigenvalue weighted by atomic mass is 79.9. The van der Waals surface area contributed by atoms with Crippen LogP contribution in [0.3, 0.4) is 0 Å². The number of hydrogen-bond acceptors (Lipinski definition) is 4. The Balaban J connectivity index is 1.72. The fraction of sp³-hybridized carbons (Fsp3) is 0.500. The van der Waals surface area contributed by atoms with E-state index in [1.54, 1.807) is 13.2 Å². The average Bonchev–Trinajstić information content (AvgIpc) is 3.06. The van der Waals surface area contributed by atoms with E-state index in [4.69, 9.17) is 0 Å². The van der Waals surface area contributed by atoms with E-state index in [-0.39, 0.29) is 5.56 Å². The third-order valence-corrected chi connectivity index (χ3v) is 4.71. The van der Waals surface area contributed by atoms with Gasteiger partial charge < -0.3 is 4.90 Å². The van der Waals surface area contributed by atoms with Gasteiger partial charge in [-0.2, -0.15) is 10.2 Å². The van der Waals surface area contributed by atoms with Gasteiger partial charge in [-0.3, -0.25) is 9.48 Å². The van der Waals surface area contributed by atoms with Crippen LogP contribution in [-0.2, 0) is 20.5 Å². The number of hydrogen-bond donors (Lipinski definition) is 0. The summed E-state index contributed by atoms with van der Waals surface area (Å²) in [5, 5.41) is 8.33. The first kappa shape index (κ1) is 14.3. The summed E-state index contributed by atoms with van der Waals surface area (Å²) in [5.74, 6) is 0.588. The van der Waals surface area contributed by atoms with Crippen LogP contribution in [0.4, 0.5) is 5.69 Å². The van der Waals surface area contributed by atoms with Gasteiger partial charge in [0.15, 0.2) is 0 Å². The van der Waals surface area contributed by atoms with Gasteiger partial charge in [-0.15, -0.1) is 0 Å². The van der Waals surface area contributed by atoms with E-state index in [0.29, 0.717) is 10.4 Å². The molecule has 1 atom stereocenters. The minimum Gasteiger partial charge on any atom is -0.369 e. The van der Waals surface area contributed by atoms with Crippen molar-refractivity contribution < 1.29 is 0 Å². The Hall–Kier alpha value is -1.63. The molecule has 1 aliphatic rings. The molecule has 0 aliphatic carbocycles. The molecule has 0 amide bonds. The summed E-state index contributed by atoms with van der Waals surface area (Å²) in [6.07, 6.45) is 7.91. The van der Waals surface area contributed by atoms with E-state index in [1.165, 1.54) is 10.2 Å². The molecule has 7 heteroatoms. The molecule has 1 unspecified atom stereocenters.